The molecule has 112 valence electrons. The van der Waals surface area contributed by atoms with Crippen molar-refractivity contribution in [3.63, 3.8) is 0 Å². The maximum atomic E-state index is 11.7. The second kappa shape index (κ2) is 5.79. The Morgan fingerprint density at radius 1 is 1.43 bits per heavy atom. The van der Waals surface area contributed by atoms with Crippen LogP contribution in [-0.4, -0.2) is 48.8 Å². The average molecular weight is 289 g/mol. The van der Waals surface area contributed by atoms with E-state index in [0.29, 0.717) is 19.6 Å². The number of aliphatic hydroxyl groups is 1. The molecule has 7 heteroatoms. The molecule has 0 spiro atoms. The molecule has 1 N–H and O–H groups in total. The molecule has 3 heterocycles. The molecule has 7 nitrogen and oxygen atoms in total. The number of nitrogens with zero attached hydrogens (tertiary/aromatic N) is 5. The van der Waals surface area contributed by atoms with Crippen molar-refractivity contribution in [3.8, 4) is 0 Å². The van der Waals surface area contributed by atoms with Gasteiger partial charge in [-0.15, -0.1) is 0 Å². The summed E-state index contributed by atoms with van der Waals surface area (Å²) < 4.78 is 3.10. The zero-order chi connectivity index (χ0) is 14.8. The van der Waals surface area contributed by atoms with Gasteiger partial charge in [-0.3, -0.25) is 14.4 Å². The van der Waals surface area contributed by atoms with Gasteiger partial charge in [0.05, 0.1) is 18.3 Å². The zero-order valence-corrected chi connectivity index (χ0v) is 12.0. The van der Waals surface area contributed by atoms with E-state index in [4.69, 9.17) is 0 Å². The second-order valence-corrected chi connectivity index (χ2v) is 5.45. The van der Waals surface area contributed by atoms with Crippen molar-refractivity contribution in [2.24, 2.45) is 7.05 Å². The monoisotopic (exact) mass is 289 g/mol. The normalized spacial score (nSPS) is 16.7. The number of hydrogen-bond acceptors (Lipinski definition) is 5. The van der Waals surface area contributed by atoms with Crippen LogP contribution in [0.4, 0.5) is 0 Å². The summed E-state index contributed by atoms with van der Waals surface area (Å²) in [5.41, 5.74) is 1.86. The van der Waals surface area contributed by atoms with Crippen LogP contribution >= 0.6 is 0 Å². The van der Waals surface area contributed by atoms with E-state index >= 15 is 0 Å². The summed E-state index contributed by atoms with van der Waals surface area (Å²) in [5, 5.41) is 18.5. The highest BCUT2D eigenvalue weighted by Crippen LogP contribution is 2.15. The van der Waals surface area contributed by atoms with Crippen LogP contribution in [0.25, 0.3) is 0 Å². The number of rotatable bonds is 4. The first-order chi connectivity index (χ1) is 10.1. The fraction of sp³-hybridized carbons (Fsp3) is 0.500. The molecule has 1 atom stereocenters. The van der Waals surface area contributed by atoms with Crippen molar-refractivity contribution in [2.45, 2.75) is 25.6 Å². The first kappa shape index (κ1) is 14.0. The van der Waals surface area contributed by atoms with Crippen molar-refractivity contribution in [1.82, 2.24) is 24.5 Å². The largest absolute Gasteiger partial charge is 0.390 e. The highest BCUT2D eigenvalue weighted by atomic mass is 16.3. The third kappa shape index (κ3) is 3.20. The number of hydrogen-bond donors (Lipinski definition) is 1. The zero-order valence-electron chi connectivity index (χ0n) is 12.0. The number of aromatic nitrogens is 4. The lowest BCUT2D eigenvalue weighted by Gasteiger charge is -2.29. The van der Waals surface area contributed by atoms with Crippen molar-refractivity contribution in [1.29, 1.82) is 0 Å². The highest BCUT2D eigenvalue weighted by Gasteiger charge is 2.20. The fourth-order valence-corrected chi connectivity index (χ4v) is 2.69. The van der Waals surface area contributed by atoms with E-state index < -0.39 is 6.10 Å². The van der Waals surface area contributed by atoms with Crippen LogP contribution in [0.3, 0.4) is 0 Å². The van der Waals surface area contributed by atoms with Crippen molar-refractivity contribution >= 4 is 0 Å². The summed E-state index contributed by atoms with van der Waals surface area (Å²) in [6.07, 6.45) is 3.86. The van der Waals surface area contributed by atoms with E-state index in [9.17, 15) is 9.90 Å². The lowest BCUT2D eigenvalue weighted by Crippen LogP contribution is -2.39. The smallest absolute Gasteiger partial charge is 0.266 e. The van der Waals surface area contributed by atoms with Gasteiger partial charge in [0, 0.05) is 51.6 Å². The third-order valence-corrected chi connectivity index (χ3v) is 3.74. The summed E-state index contributed by atoms with van der Waals surface area (Å²) in [7, 11) is 1.67. The standard InChI is InChI=1S/C14H19N5O2/c1-17-14(21)7-11-8-18(6-3-13(11)16-17)9-12(20)10-19-5-2-4-15-19/h2,4-5,7,12,20H,3,6,8-10H2,1H3/t12-/m0/s1. The Hall–Kier alpha value is -1.99. The van der Waals surface area contributed by atoms with E-state index in [2.05, 4.69) is 15.1 Å². The first-order valence-corrected chi connectivity index (χ1v) is 7.06. The van der Waals surface area contributed by atoms with Gasteiger partial charge in [0.15, 0.2) is 0 Å². The molecule has 1 aliphatic heterocycles. The van der Waals surface area contributed by atoms with E-state index in [0.717, 1.165) is 24.2 Å². The Morgan fingerprint density at radius 3 is 3.05 bits per heavy atom. The van der Waals surface area contributed by atoms with Crippen LogP contribution in [0, 0.1) is 0 Å². The van der Waals surface area contributed by atoms with E-state index in [1.54, 1.807) is 24.0 Å². The van der Waals surface area contributed by atoms with E-state index in [1.165, 1.54) is 4.68 Å². The molecule has 0 saturated carbocycles. The van der Waals surface area contributed by atoms with Gasteiger partial charge in [0.25, 0.3) is 5.56 Å². The Balaban J connectivity index is 1.63. The lowest BCUT2D eigenvalue weighted by atomic mass is 10.1. The predicted molar refractivity (Wildman–Crippen MR) is 76.7 cm³/mol. The summed E-state index contributed by atoms with van der Waals surface area (Å²) in [4.78, 5) is 13.8. The Morgan fingerprint density at radius 2 is 2.29 bits per heavy atom. The number of aryl methyl sites for hydroxylation is 1. The quantitative estimate of drug-likeness (QED) is 0.813. The number of fused-ring (bicyclic) bond motifs is 1. The van der Waals surface area contributed by atoms with Crippen LogP contribution in [0.2, 0.25) is 0 Å². The van der Waals surface area contributed by atoms with Gasteiger partial charge in [-0.05, 0) is 11.6 Å². The van der Waals surface area contributed by atoms with Crippen LogP contribution in [0.1, 0.15) is 11.3 Å². The van der Waals surface area contributed by atoms with Gasteiger partial charge >= 0.3 is 0 Å². The van der Waals surface area contributed by atoms with Crippen molar-refractivity contribution in [3.05, 3.63) is 46.1 Å². The minimum atomic E-state index is -0.481. The molecule has 21 heavy (non-hydrogen) atoms. The molecule has 3 rings (SSSR count). The topological polar surface area (TPSA) is 76.2 Å². The minimum Gasteiger partial charge on any atom is -0.390 e. The van der Waals surface area contributed by atoms with Gasteiger partial charge in [-0.2, -0.15) is 10.2 Å². The SMILES string of the molecule is Cn1nc2c(cc1=O)CN(C[C@H](O)Cn1cccn1)CC2. The molecule has 0 radical (unpaired) electrons. The summed E-state index contributed by atoms with van der Waals surface area (Å²) in [6.45, 7) is 2.54. The first-order valence-electron chi connectivity index (χ1n) is 7.06. The summed E-state index contributed by atoms with van der Waals surface area (Å²) in [6, 6.07) is 3.49. The molecule has 2 aromatic rings. The van der Waals surface area contributed by atoms with Crippen molar-refractivity contribution in [2.75, 3.05) is 13.1 Å². The Kier molecular flexibility index (Phi) is 3.85. The van der Waals surface area contributed by atoms with Gasteiger partial charge in [-0.25, -0.2) is 4.68 Å². The second-order valence-electron chi connectivity index (χ2n) is 5.45. The number of aliphatic hydroxyl groups excluding tert-OH is 1. The maximum Gasteiger partial charge on any atom is 0.266 e. The predicted octanol–water partition coefficient (Wildman–Crippen LogP) is -0.604. The maximum absolute atomic E-state index is 11.7. The van der Waals surface area contributed by atoms with Gasteiger partial charge in [0.1, 0.15) is 0 Å². The molecule has 0 aliphatic carbocycles. The molecule has 0 fully saturated rings. The molecular formula is C14H19N5O2. The minimum absolute atomic E-state index is 0.0901. The highest BCUT2D eigenvalue weighted by molar-refractivity contribution is 5.20. The molecule has 0 amide bonds. The van der Waals surface area contributed by atoms with Gasteiger partial charge in [-0.1, -0.05) is 0 Å². The molecular weight excluding hydrogens is 270 g/mol. The van der Waals surface area contributed by atoms with Crippen molar-refractivity contribution < 1.29 is 5.11 Å². The van der Waals surface area contributed by atoms with Crippen LogP contribution in [0.5, 0.6) is 0 Å². The average Bonchev–Trinajstić information content (AvgIpc) is 2.93. The fourth-order valence-electron chi connectivity index (χ4n) is 2.69. The summed E-state index contributed by atoms with van der Waals surface area (Å²) in [5.74, 6) is 0. The molecule has 0 bridgehead atoms. The van der Waals surface area contributed by atoms with E-state index in [1.807, 2.05) is 12.3 Å². The molecule has 0 aromatic carbocycles. The number of β-amino-alcohol motifs (C(OH)–C–C–N with tert-alkyl or cyclic N) is 1. The lowest BCUT2D eigenvalue weighted by molar-refractivity contribution is 0.0882. The van der Waals surface area contributed by atoms with Gasteiger partial charge < -0.3 is 5.11 Å². The van der Waals surface area contributed by atoms with E-state index in [-0.39, 0.29) is 5.56 Å². The van der Waals surface area contributed by atoms with Crippen LogP contribution < -0.4 is 5.56 Å². The molecule has 0 unspecified atom stereocenters. The molecule has 1 aliphatic rings. The Labute approximate surface area is 122 Å². The van der Waals surface area contributed by atoms with Crippen LogP contribution in [0.15, 0.2) is 29.3 Å². The Bertz CT molecular complexity index is 664. The van der Waals surface area contributed by atoms with Gasteiger partial charge in [0.2, 0.25) is 0 Å². The third-order valence-electron chi connectivity index (χ3n) is 3.74. The molecule has 2 aromatic heterocycles. The molecule has 0 saturated heterocycles. The van der Waals surface area contributed by atoms with Crippen LogP contribution in [-0.2, 0) is 26.6 Å². The summed E-state index contributed by atoms with van der Waals surface area (Å²) >= 11 is 0.